The van der Waals surface area contributed by atoms with Crippen LogP contribution in [-0.2, 0) is 6.42 Å². The fourth-order valence-corrected chi connectivity index (χ4v) is 2.24. The Morgan fingerprint density at radius 1 is 1.00 bits per heavy atom. The molecule has 0 saturated carbocycles. The van der Waals surface area contributed by atoms with E-state index in [-0.39, 0.29) is 6.04 Å². The lowest BCUT2D eigenvalue weighted by molar-refractivity contribution is 0.475. The van der Waals surface area contributed by atoms with E-state index >= 15 is 0 Å². The molecular weight excluding hydrogens is 246 g/mol. The van der Waals surface area contributed by atoms with E-state index in [4.69, 9.17) is 0 Å². The van der Waals surface area contributed by atoms with Crippen LogP contribution in [0.25, 0.3) is 0 Å². The van der Waals surface area contributed by atoms with Gasteiger partial charge in [0.25, 0.3) is 0 Å². The van der Waals surface area contributed by atoms with Crippen LogP contribution in [0.4, 0.5) is 5.69 Å². The molecule has 2 N–H and O–H groups in total. The van der Waals surface area contributed by atoms with E-state index in [0.29, 0.717) is 5.75 Å². The van der Waals surface area contributed by atoms with E-state index in [1.807, 2.05) is 12.1 Å². The topological polar surface area (TPSA) is 32.3 Å². The Balaban J connectivity index is 1.98. The number of benzene rings is 2. The third-order valence-corrected chi connectivity index (χ3v) is 3.55. The molecule has 2 nitrogen and oxygen atoms in total. The minimum absolute atomic E-state index is 0.250. The first-order valence-corrected chi connectivity index (χ1v) is 7.33. The molecule has 2 rings (SSSR count). The number of nitrogens with one attached hydrogen (secondary N) is 1. The summed E-state index contributed by atoms with van der Waals surface area (Å²) in [5.74, 6) is 0.295. The summed E-state index contributed by atoms with van der Waals surface area (Å²) >= 11 is 0. The van der Waals surface area contributed by atoms with E-state index in [1.165, 1.54) is 24.0 Å². The van der Waals surface area contributed by atoms with Gasteiger partial charge in [-0.3, -0.25) is 0 Å². The molecule has 0 fully saturated rings. The maximum Gasteiger partial charge on any atom is 0.115 e. The van der Waals surface area contributed by atoms with Gasteiger partial charge in [-0.2, -0.15) is 0 Å². The van der Waals surface area contributed by atoms with Crippen molar-refractivity contribution in [2.24, 2.45) is 0 Å². The van der Waals surface area contributed by atoms with Crippen molar-refractivity contribution in [2.75, 3.05) is 5.32 Å². The first-order chi connectivity index (χ1) is 9.69. The number of aryl methyl sites for hydroxylation is 1. The predicted octanol–water partition coefficient (Wildman–Crippen LogP) is 4.91. The van der Waals surface area contributed by atoms with Crippen LogP contribution in [-0.4, -0.2) is 5.11 Å². The van der Waals surface area contributed by atoms with Crippen molar-refractivity contribution < 1.29 is 5.11 Å². The third kappa shape index (κ3) is 4.02. The standard InChI is InChI=1S/C18H23NO/c1-3-4-5-15-6-8-16(9-7-15)14(2)19-17-10-12-18(20)13-11-17/h6-14,19-20H,3-5H2,1-2H3. The highest BCUT2D eigenvalue weighted by Crippen LogP contribution is 2.21. The van der Waals surface area contributed by atoms with Gasteiger partial charge in [-0.1, -0.05) is 37.6 Å². The molecular formula is C18H23NO. The van der Waals surface area contributed by atoms with E-state index in [9.17, 15) is 5.11 Å². The van der Waals surface area contributed by atoms with Gasteiger partial charge in [0, 0.05) is 11.7 Å². The van der Waals surface area contributed by atoms with Crippen LogP contribution in [0.1, 0.15) is 43.9 Å². The summed E-state index contributed by atoms with van der Waals surface area (Å²) in [6, 6.07) is 16.3. The van der Waals surface area contributed by atoms with Crippen molar-refractivity contribution in [3.63, 3.8) is 0 Å². The Hall–Kier alpha value is -1.96. The zero-order chi connectivity index (χ0) is 14.4. The van der Waals surface area contributed by atoms with Crippen molar-refractivity contribution in [1.29, 1.82) is 0 Å². The maximum absolute atomic E-state index is 9.28. The fraction of sp³-hybridized carbons (Fsp3) is 0.333. The Labute approximate surface area is 121 Å². The minimum atomic E-state index is 0.250. The molecule has 0 saturated heterocycles. The SMILES string of the molecule is CCCCc1ccc(C(C)Nc2ccc(O)cc2)cc1. The monoisotopic (exact) mass is 269 g/mol. The molecule has 0 heterocycles. The number of unbranched alkanes of at least 4 members (excludes halogenated alkanes) is 1. The van der Waals surface area contributed by atoms with Gasteiger partial charge in [-0.15, -0.1) is 0 Å². The van der Waals surface area contributed by atoms with Crippen LogP contribution in [0.5, 0.6) is 5.75 Å². The molecule has 106 valence electrons. The lowest BCUT2D eigenvalue weighted by Crippen LogP contribution is -2.06. The maximum atomic E-state index is 9.28. The quantitative estimate of drug-likeness (QED) is 0.730. The summed E-state index contributed by atoms with van der Waals surface area (Å²) in [5, 5.41) is 12.7. The van der Waals surface area contributed by atoms with Gasteiger partial charge in [0.1, 0.15) is 5.75 Å². The largest absolute Gasteiger partial charge is 0.508 e. The second-order valence-electron chi connectivity index (χ2n) is 5.26. The number of hydrogen-bond donors (Lipinski definition) is 2. The first-order valence-electron chi connectivity index (χ1n) is 7.33. The van der Waals surface area contributed by atoms with Crippen LogP contribution in [0.2, 0.25) is 0 Å². The molecule has 0 spiro atoms. The zero-order valence-corrected chi connectivity index (χ0v) is 12.3. The van der Waals surface area contributed by atoms with Crippen LogP contribution < -0.4 is 5.32 Å². The first kappa shape index (κ1) is 14.4. The Morgan fingerprint density at radius 2 is 1.65 bits per heavy atom. The summed E-state index contributed by atoms with van der Waals surface area (Å²) in [7, 11) is 0. The molecule has 0 radical (unpaired) electrons. The molecule has 0 aliphatic carbocycles. The fourth-order valence-electron chi connectivity index (χ4n) is 2.24. The van der Waals surface area contributed by atoms with Gasteiger partial charge in [0.05, 0.1) is 0 Å². The van der Waals surface area contributed by atoms with Crippen LogP contribution >= 0.6 is 0 Å². The lowest BCUT2D eigenvalue weighted by Gasteiger charge is -2.16. The van der Waals surface area contributed by atoms with Crippen LogP contribution in [0, 0.1) is 0 Å². The van der Waals surface area contributed by atoms with E-state index in [1.54, 1.807) is 12.1 Å². The molecule has 0 aromatic heterocycles. The molecule has 2 heteroatoms. The molecule has 0 aliphatic rings. The summed E-state index contributed by atoms with van der Waals surface area (Å²) < 4.78 is 0. The predicted molar refractivity (Wildman–Crippen MR) is 85.2 cm³/mol. The Bertz CT molecular complexity index is 516. The van der Waals surface area contributed by atoms with E-state index < -0.39 is 0 Å². The highest BCUT2D eigenvalue weighted by atomic mass is 16.3. The number of rotatable bonds is 6. The third-order valence-electron chi connectivity index (χ3n) is 3.55. The smallest absolute Gasteiger partial charge is 0.115 e. The average Bonchev–Trinajstić information content (AvgIpc) is 2.48. The van der Waals surface area contributed by atoms with Gasteiger partial charge < -0.3 is 10.4 Å². The van der Waals surface area contributed by atoms with Gasteiger partial charge in [-0.05, 0) is 55.2 Å². The second-order valence-corrected chi connectivity index (χ2v) is 5.26. The second kappa shape index (κ2) is 6.99. The van der Waals surface area contributed by atoms with Crippen molar-refractivity contribution in [2.45, 2.75) is 39.2 Å². The molecule has 1 atom stereocenters. The summed E-state index contributed by atoms with van der Waals surface area (Å²) in [4.78, 5) is 0. The number of anilines is 1. The van der Waals surface area contributed by atoms with Gasteiger partial charge in [-0.25, -0.2) is 0 Å². The van der Waals surface area contributed by atoms with Crippen molar-refractivity contribution in [1.82, 2.24) is 0 Å². The molecule has 0 bridgehead atoms. The average molecular weight is 269 g/mol. The molecule has 1 unspecified atom stereocenters. The lowest BCUT2D eigenvalue weighted by atomic mass is 10.0. The van der Waals surface area contributed by atoms with Crippen molar-refractivity contribution >= 4 is 5.69 Å². The zero-order valence-electron chi connectivity index (χ0n) is 12.3. The number of phenols is 1. The Morgan fingerprint density at radius 3 is 2.25 bits per heavy atom. The molecule has 20 heavy (non-hydrogen) atoms. The highest BCUT2D eigenvalue weighted by molar-refractivity contribution is 5.47. The van der Waals surface area contributed by atoms with E-state index in [0.717, 1.165) is 12.1 Å². The number of phenolic OH excluding ortho intramolecular Hbond substituents is 1. The molecule has 0 amide bonds. The molecule has 0 aliphatic heterocycles. The van der Waals surface area contributed by atoms with Crippen LogP contribution in [0.15, 0.2) is 48.5 Å². The van der Waals surface area contributed by atoms with Crippen molar-refractivity contribution in [3.8, 4) is 5.75 Å². The summed E-state index contributed by atoms with van der Waals surface area (Å²) in [6.45, 7) is 4.37. The van der Waals surface area contributed by atoms with Gasteiger partial charge in [0.2, 0.25) is 0 Å². The summed E-state index contributed by atoms with van der Waals surface area (Å²) in [6.07, 6.45) is 3.65. The highest BCUT2D eigenvalue weighted by Gasteiger charge is 2.05. The summed E-state index contributed by atoms with van der Waals surface area (Å²) in [5.41, 5.74) is 3.70. The van der Waals surface area contributed by atoms with Crippen molar-refractivity contribution in [3.05, 3.63) is 59.7 Å². The number of aromatic hydroxyl groups is 1. The molecule has 2 aromatic rings. The normalized spacial score (nSPS) is 12.1. The molecule has 2 aromatic carbocycles. The number of hydrogen-bond acceptors (Lipinski definition) is 2. The van der Waals surface area contributed by atoms with Crippen LogP contribution in [0.3, 0.4) is 0 Å². The van der Waals surface area contributed by atoms with E-state index in [2.05, 4.69) is 43.4 Å². The minimum Gasteiger partial charge on any atom is -0.508 e. The Kier molecular flexibility index (Phi) is 5.05. The van der Waals surface area contributed by atoms with Gasteiger partial charge >= 0.3 is 0 Å². The van der Waals surface area contributed by atoms with Gasteiger partial charge in [0.15, 0.2) is 0 Å².